The second-order valence-electron chi connectivity index (χ2n) is 20.5. The number of para-hydroxylation sites is 1. The molecule has 0 N–H and O–H groups in total. The summed E-state index contributed by atoms with van der Waals surface area (Å²) >= 11 is 3.73. The molecule has 0 amide bonds. The topological polar surface area (TPSA) is 48.5 Å². The van der Waals surface area contributed by atoms with Gasteiger partial charge < -0.3 is 9.13 Å². The molecule has 342 valence electrons. The van der Waals surface area contributed by atoms with Crippen LogP contribution in [0, 0.1) is 5.92 Å². The zero-order chi connectivity index (χ0) is 47.7. The first-order chi connectivity index (χ1) is 35.3. The van der Waals surface area contributed by atoms with Crippen molar-refractivity contribution in [2.45, 2.75) is 44.9 Å². The Bertz CT molecular complexity index is 4600. The van der Waals surface area contributed by atoms with Crippen molar-refractivity contribution in [2.75, 3.05) is 0 Å². The summed E-state index contributed by atoms with van der Waals surface area (Å²) < 4.78 is 10.2. The van der Waals surface area contributed by atoms with E-state index in [1.54, 1.807) is 0 Å². The molecule has 0 fully saturated rings. The smallest absolute Gasteiger partial charge is 0.165 e. The maximum absolute atomic E-state index is 5.55. The van der Waals surface area contributed by atoms with Gasteiger partial charge in [0.05, 0.1) is 32.4 Å². The Labute approximate surface area is 423 Å². The van der Waals surface area contributed by atoms with Crippen molar-refractivity contribution in [1.29, 1.82) is 0 Å². The van der Waals surface area contributed by atoms with E-state index in [9.17, 15) is 0 Å². The van der Waals surface area contributed by atoms with Gasteiger partial charge in [0.2, 0.25) is 0 Å². The minimum absolute atomic E-state index is 0.0475. The Morgan fingerprint density at radius 3 is 2.01 bits per heavy atom. The summed E-state index contributed by atoms with van der Waals surface area (Å²) in [6.45, 7) is 9.65. The van der Waals surface area contributed by atoms with Crippen LogP contribution in [0.25, 0.3) is 118 Å². The largest absolute Gasteiger partial charge is 0.311 e. The maximum atomic E-state index is 5.55. The quantitative estimate of drug-likeness (QED) is 0.166. The van der Waals surface area contributed by atoms with Crippen LogP contribution in [0.1, 0.15) is 56.6 Å². The van der Waals surface area contributed by atoms with Gasteiger partial charge in [-0.3, -0.25) is 0 Å². The molecule has 4 unspecified atom stereocenters. The molecule has 7 heteroatoms. The van der Waals surface area contributed by atoms with Gasteiger partial charge >= 0.3 is 0 Å². The first-order valence-electron chi connectivity index (χ1n) is 25.1. The van der Waals surface area contributed by atoms with Crippen LogP contribution >= 0.6 is 22.7 Å². The lowest BCUT2D eigenvalue weighted by atomic mass is 9.60. The summed E-state index contributed by atoms with van der Waals surface area (Å²) in [4.78, 5) is 16.3. The Morgan fingerprint density at radius 1 is 0.486 bits per heavy atom. The molecule has 0 saturated heterocycles. The molecule has 1 aliphatic heterocycles. The van der Waals surface area contributed by atoms with Crippen molar-refractivity contribution in [3.63, 3.8) is 0 Å². The Hall–Kier alpha value is -7.97. The van der Waals surface area contributed by atoms with E-state index in [4.69, 9.17) is 15.0 Å². The van der Waals surface area contributed by atoms with Gasteiger partial charge in [0.15, 0.2) is 11.6 Å². The van der Waals surface area contributed by atoms with E-state index in [0.29, 0.717) is 5.82 Å². The average Bonchev–Trinajstić information content (AvgIpc) is 4.18. The van der Waals surface area contributed by atoms with Crippen LogP contribution in [0.2, 0.25) is 0 Å². The highest BCUT2D eigenvalue weighted by molar-refractivity contribution is 7.27. The third-order valence-corrected chi connectivity index (χ3v) is 19.0. The summed E-state index contributed by atoms with van der Waals surface area (Å²) in [6, 6.07) is 63.0. The van der Waals surface area contributed by atoms with Crippen molar-refractivity contribution in [3.8, 4) is 45.3 Å². The van der Waals surface area contributed by atoms with Crippen LogP contribution in [0.3, 0.4) is 0 Å². The van der Waals surface area contributed by atoms with Gasteiger partial charge in [-0.1, -0.05) is 142 Å². The minimum Gasteiger partial charge on any atom is -0.311 e. The molecule has 5 nitrogen and oxygen atoms in total. The SMILES string of the molecule is CC1C=CC2(C)C3=C1C(C)c1c(n(c4ccc(-c5ccc6c(c5)c5ccccc5n6-c5ccc6sc7ccccc7c6c5)cc14)-c1cccc4c1sc1c(cccc14)-c1nc(-c4ccccc4)nc2n1)C3C. The predicted octanol–water partition coefficient (Wildman–Crippen LogP) is 17.6. The molecule has 0 spiro atoms. The van der Waals surface area contributed by atoms with Gasteiger partial charge in [-0.25, -0.2) is 15.0 Å². The van der Waals surface area contributed by atoms with Crippen molar-refractivity contribution >= 4 is 95.7 Å². The van der Waals surface area contributed by atoms with Gasteiger partial charge in [0.25, 0.3) is 0 Å². The molecule has 3 aliphatic rings. The summed E-state index contributed by atoms with van der Waals surface area (Å²) in [5, 5.41) is 8.93. The van der Waals surface area contributed by atoms with Gasteiger partial charge in [-0.15, -0.1) is 22.7 Å². The fraction of sp³-hybridized carbons (Fsp3) is 0.123. The number of fused-ring (bicyclic) bond motifs is 15. The van der Waals surface area contributed by atoms with Crippen molar-refractivity contribution in [2.24, 2.45) is 5.92 Å². The minimum atomic E-state index is -0.591. The number of rotatable bonds is 3. The number of hydrogen-bond acceptors (Lipinski definition) is 5. The summed E-state index contributed by atoms with van der Waals surface area (Å²) in [5.41, 5.74) is 15.6. The van der Waals surface area contributed by atoms with E-state index in [1.807, 2.05) is 22.7 Å². The highest BCUT2D eigenvalue weighted by atomic mass is 32.1. The van der Waals surface area contributed by atoms with E-state index >= 15 is 0 Å². The van der Waals surface area contributed by atoms with Crippen LogP contribution in [0.15, 0.2) is 193 Å². The molecule has 5 aromatic heterocycles. The Morgan fingerprint density at radius 2 is 1.17 bits per heavy atom. The monoisotopic (exact) mass is 959 g/mol. The van der Waals surface area contributed by atoms with E-state index in [2.05, 4.69) is 219 Å². The normalized spacial score (nSPS) is 19.2. The zero-order valence-electron chi connectivity index (χ0n) is 40.1. The lowest BCUT2D eigenvalue weighted by Crippen LogP contribution is -2.37. The molecule has 0 saturated carbocycles. The first kappa shape index (κ1) is 40.7. The van der Waals surface area contributed by atoms with Gasteiger partial charge in [0.1, 0.15) is 5.82 Å². The molecule has 72 heavy (non-hydrogen) atoms. The molecule has 16 rings (SSSR count). The Balaban J connectivity index is 0.943. The summed E-state index contributed by atoms with van der Waals surface area (Å²) in [7, 11) is 0. The van der Waals surface area contributed by atoms with E-state index in [1.165, 1.54) is 118 Å². The van der Waals surface area contributed by atoms with Crippen LogP contribution < -0.4 is 0 Å². The number of nitrogens with zero attached hydrogens (tertiary/aromatic N) is 5. The number of thiophene rings is 2. The van der Waals surface area contributed by atoms with E-state index < -0.39 is 5.41 Å². The van der Waals surface area contributed by atoms with Gasteiger partial charge in [0, 0.05) is 86.1 Å². The highest BCUT2D eigenvalue weighted by Gasteiger charge is 2.47. The second-order valence-corrected chi connectivity index (χ2v) is 22.6. The van der Waals surface area contributed by atoms with Crippen LogP contribution in [0.5, 0.6) is 0 Å². The van der Waals surface area contributed by atoms with Crippen molar-refractivity contribution < 1.29 is 0 Å². The van der Waals surface area contributed by atoms with Crippen LogP contribution in [0.4, 0.5) is 0 Å². The Kier molecular flexibility index (Phi) is 8.24. The van der Waals surface area contributed by atoms with E-state index in [0.717, 1.165) is 22.8 Å². The zero-order valence-corrected chi connectivity index (χ0v) is 41.7. The molecule has 0 radical (unpaired) electrons. The fourth-order valence-electron chi connectivity index (χ4n) is 13.4. The second kappa shape index (κ2) is 14.6. The molecule has 6 heterocycles. The third kappa shape index (κ3) is 5.39. The predicted molar refractivity (Wildman–Crippen MR) is 303 cm³/mol. The molecular weight excluding hydrogens is 915 g/mol. The van der Waals surface area contributed by atoms with Gasteiger partial charge in [-0.05, 0) is 102 Å². The van der Waals surface area contributed by atoms with E-state index in [-0.39, 0.29) is 17.8 Å². The fourth-order valence-corrected chi connectivity index (χ4v) is 15.8. The number of aromatic nitrogens is 5. The molecule has 2 aliphatic carbocycles. The molecule has 4 atom stereocenters. The lowest BCUT2D eigenvalue weighted by Gasteiger charge is -2.44. The molecule has 6 bridgehead atoms. The molecule has 13 aromatic rings. The summed E-state index contributed by atoms with van der Waals surface area (Å²) in [5.74, 6) is 2.64. The lowest BCUT2D eigenvalue weighted by molar-refractivity contribution is 0.512. The maximum Gasteiger partial charge on any atom is 0.165 e. The van der Waals surface area contributed by atoms with Crippen molar-refractivity contribution in [3.05, 3.63) is 210 Å². The number of allylic oxidation sites excluding steroid dienone is 4. The van der Waals surface area contributed by atoms with Crippen molar-refractivity contribution in [1.82, 2.24) is 24.1 Å². The molecular formula is C65H45N5S2. The third-order valence-electron chi connectivity index (χ3n) is 16.6. The van der Waals surface area contributed by atoms with Crippen LogP contribution in [-0.4, -0.2) is 24.1 Å². The van der Waals surface area contributed by atoms with Gasteiger partial charge in [-0.2, -0.15) is 0 Å². The number of hydrogen-bond donors (Lipinski definition) is 0. The standard InChI is InChI=1S/C65H45N5S2/c1-35-30-31-65(4)58-37(3)59-57(36(2)56(35)58)49-33-40(39-24-27-51-47(32-39)42-16-8-10-21-50(42)69(51)41-26-29-55-48(34-41)43-17-9-11-23-54(43)71-55)25-28-52(49)70(59)53-22-13-19-45-44-18-12-20-46(60(44)72-61(45)53)63-66-62(67-64(65)68-63)38-14-6-5-7-15-38/h5-37H,1-4H3. The summed E-state index contributed by atoms with van der Waals surface area (Å²) in [6.07, 6.45) is 4.82. The average molecular weight is 960 g/mol. The highest BCUT2D eigenvalue weighted by Crippen LogP contribution is 2.58. The van der Waals surface area contributed by atoms with Crippen LogP contribution in [-0.2, 0) is 5.41 Å². The number of benzene rings is 8. The first-order valence-corrected chi connectivity index (χ1v) is 26.8. The molecule has 8 aromatic carbocycles.